The largest absolute Gasteiger partial charge is 0.496 e. The van der Waals surface area contributed by atoms with Crippen molar-refractivity contribution in [3.8, 4) is 5.75 Å². The molecule has 1 saturated carbocycles. The monoisotopic (exact) mass is 345 g/mol. The lowest BCUT2D eigenvalue weighted by Gasteiger charge is -2.32. The summed E-state index contributed by atoms with van der Waals surface area (Å²) in [4.78, 5) is 12.2. The fourth-order valence-corrected chi connectivity index (χ4v) is 2.88. The Kier molecular flexibility index (Phi) is 4.86. The second-order valence-electron chi connectivity index (χ2n) is 8.08. The van der Waals surface area contributed by atoms with Gasteiger partial charge in [0, 0.05) is 12.1 Å². The van der Waals surface area contributed by atoms with Gasteiger partial charge in [-0.15, -0.1) is 0 Å². The molecule has 0 radical (unpaired) electrons. The number of carbonyl (C=O) groups excluding carboxylic acids is 1. The van der Waals surface area contributed by atoms with E-state index in [9.17, 15) is 4.79 Å². The average molecular weight is 345 g/mol. The molecule has 1 amide bonds. The average Bonchev–Trinajstić information content (AvgIpc) is 3.32. The van der Waals surface area contributed by atoms with E-state index in [1.165, 1.54) is 12.8 Å². The van der Waals surface area contributed by atoms with Crippen molar-refractivity contribution < 1.29 is 18.8 Å². The van der Waals surface area contributed by atoms with Crippen molar-refractivity contribution in [3.63, 3.8) is 0 Å². The number of hydrogen-bond donors (Lipinski definition) is 1. The zero-order valence-electron chi connectivity index (χ0n) is 15.8. The molecule has 3 rings (SSSR count). The van der Waals surface area contributed by atoms with Crippen LogP contribution in [0.4, 0.5) is 0 Å². The van der Waals surface area contributed by atoms with Crippen molar-refractivity contribution in [2.45, 2.75) is 58.2 Å². The van der Waals surface area contributed by atoms with E-state index in [0.29, 0.717) is 18.1 Å². The molecule has 25 heavy (non-hydrogen) atoms. The summed E-state index contributed by atoms with van der Waals surface area (Å²) in [6.45, 7) is 8.90. The van der Waals surface area contributed by atoms with E-state index in [1.807, 2.05) is 45.9 Å². The van der Waals surface area contributed by atoms with Crippen LogP contribution in [0.3, 0.4) is 0 Å². The van der Waals surface area contributed by atoms with Crippen LogP contribution in [0.2, 0.25) is 0 Å². The fourth-order valence-electron chi connectivity index (χ4n) is 2.88. The lowest BCUT2D eigenvalue weighted by Crippen LogP contribution is -2.41. The zero-order chi connectivity index (χ0) is 18.2. The smallest absolute Gasteiger partial charge is 0.494 e. The maximum absolute atomic E-state index is 12.2. The normalized spacial score (nSPS) is 21.2. The Morgan fingerprint density at radius 1 is 1.24 bits per heavy atom. The third-order valence-electron chi connectivity index (χ3n) is 5.47. The first-order valence-corrected chi connectivity index (χ1v) is 9.01. The number of nitrogens with one attached hydrogen (secondary N) is 1. The molecule has 0 atom stereocenters. The van der Waals surface area contributed by atoms with Crippen LogP contribution in [0, 0.1) is 5.92 Å². The summed E-state index contributed by atoms with van der Waals surface area (Å²) in [5, 5.41) is 3.00. The van der Waals surface area contributed by atoms with Gasteiger partial charge >= 0.3 is 7.12 Å². The van der Waals surface area contributed by atoms with Gasteiger partial charge in [-0.3, -0.25) is 4.79 Å². The van der Waals surface area contributed by atoms with Crippen LogP contribution >= 0.6 is 0 Å². The Morgan fingerprint density at radius 2 is 1.88 bits per heavy atom. The van der Waals surface area contributed by atoms with Gasteiger partial charge in [-0.05, 0) is 58.0 Å². The zero-order valence-corrected chi connectivity index (χ0v) is 15.8. The Labute approximate surface area is 150 Å². The number of methoxy groups -OCH3 is 1. The van der Waals surface area contributed by atoms with Crippen molar-refractivity contribution in [2.24, 2.45) is 5.92 Å². The number of amides is 1. The molecule has 5 nitrogen and oxygen atoms in total. The minimum atomic E-state index is -0.441. The van der Waals surface area contributed by atoms with Gasteiger partial charge in [0.05, 0.1) is 24.7 Å². The van der Waals surface area contributed by atoms with Crippen LogP contribution in [0.25, 0.3) is 0 Å². The predicted octanol–water partition coefficient (Wildman–Crippen LogP) is 2.06. The molecule has 0 aromatic heterocycles. The molecule has 2 aliphatic rings. The highest BCUT2D eigenvalue weighted by Gasteiger charge is 2.51. The van der Waals surface area contributed by atoms with Crippen LogP contribution < -0.4 is 15.5 Å². The Hall–Kier alpha value is -1.53. The number of hydrogen-bond acceptors (Lipinski definition) is 4. The van der Waals surface area contributed by atoms with E-state index in [1.54, 1.807) is 7.11 Å². The van der Waals surface area contributed by atoms with Gasteiger partial charge in [-0.2, -0.15) is 0 Å². The van der Waals surface area contributed by atoms with Crippen molar-refractivity contribution in [1.82, 2.24) is 5.32 Å². The summed E-state index contributed by atoms with van der Waals surface area (Å²) >= 11 is 0. The molecule has 1 saturated heterocycles. The molecule has 1 aliphatic carbocycles. The highest BCUT2D eigenvalue weighted by atomic mass is 16.7. The summed E-state index contributed by atoms with van der Waals surface area (Å²) in [6, 6.07) is 5.77. The maximum atomic E-state index is 12.2. The fraction of sp³-hybridized carbons (Fsp3) is 0.632. The van der Waals surface area contributed by atoms with Crippen molar-refractivity contribution in [2.75, 3.05) is 13.7 Å². The lowest BCUT2D eigenvalue weighted by molar-refractivity contribution is -0.120. The predicted molar refractivity (Wildman–Crippen MR) is 98.1 cm³/mol. The number of rotatable bonds is 6. The van der Waals surface area contributed by atoms with E-state index in [2.05, 4.69) is 5.32 Å². The minimum Gasteiger partial charge on any atom is -0.496 e. The molecule has 0 bridgehead atoms. The van der Waals surface area contributed by atoms with E-state index in [-0.39, 0.29) is 17.1 Å². The van der Waals surface area contributed by atoms with Gasteiger partial charge in [-0.25, -0.2) is 0 Å². The van der Waals surface area contributed by atoms with Crippen molar-refractivity contribution >= 4 is 18.5 Å². The highest BCUT2D eigenvalue weighted by Crippen LogP contribution is 2.36. The molecule has 1 heterocycles. The lowest BCUT2D eigenvalue weighted by atomic mass is 9.78. The van der Waals surface area contributed by atoms with Crippen LogP contribution in [0.5, 0.6) is 5.75 Å². The van der Waals surface area contributed by atoms with Gasteiger partial charge < -0.3 is 19.4 Å². The standard InChI is InChI=1S/C19H28BNO4/c1-18(2)19(3,4)25-20(24-18)15-8-9-16(23-5)14(10-15)11-17(22)21-12-13-6-7-13/h8-10,13H,6-7,11-12H2,1-5H3,(H,21,22). The van der Waals surface area contributed by atoms with Crippen LogP contribution in [0.15, 0.2) is 18.2 Å². The third-order valence-corrected chi connectivity index (χ3v) is 5.47. The molecule has 0 spiro atoms. The topological polar surface area (TPSA) is 56.8 Å². The molecule has 1 aromatic rings. The molecule has 1 aromatic carbocycles. The molecule has 2 fully saturated rings. The molecule has 0 unspecified atom stereocenters. The van der Waals surface area contributed by atoms with Gasteiger partial charge in [0.2, 0.25) is 5.91 Å². The quantitative estimate of drug-likeness (QED) is 0.802. The first kappa shape index (κ1) is 18.3. The van der Waals surface area contributed by atoms with Gasteiger partial charge in [0.25, 0.3) is 0 Å². The van der Waals surface area contributed by atoms with Gasteiger partial charge in [0.15, 0.2) is 0 Å². The van der Waals surface area contributed by atoms with E-state index < -0.39 is 7.12 Å². The minimum absolute atomic E-state index is 0.0243. The van der Waals surface area contributed by atoms with E-state index in [0.717, 1.165) is 17.6 Å². The Balaban J connectivity index is 1.74. The number of benzene rings is 1. The Bertz CT molecular complexity index is 639. The molecule has 1 aliphatic heterocycles. The SMILES string of the molecule is COc1ccc(B2OC(C)(C)C(C)(C)O2)cc1CC(=O)NCC1CC1. The molecular formula is C19H28BNO4. The second-order valence-corrected chi connectivity index (χ2v) is 8.08. The molecule has 136 valence electrons. The number of carbonyl (C=O) groups is 1. The van der Waals surface area contributed by atoms with Crippen LogP contribution in [0.1, 0.15) is 46.1 Å². The van der Waals surface area contributed by atoms with Crippen LogP contribution in [-0.2, 0) is 20.5 Å². The first-order chi connectivity index (χ1) is 11.7. The van der Waals surface area contributed by atoms with Gasteiger partial charge in [0.1, 0.15) is 5.75 Å². The van der Waals surface area contributed by atoms with Crippen molar-refractivity contribution in [3.05, 3.63) is 23.8 Å². The van der Waals surface area contributed by atoms with E-state index >= 15 is 0 Å². The van der Waals surface area contributed by atoms with Crippen molar-refractivity contribution in [1.29, 1.82) is 0 Å². The second kappa shape index (κ2) is 6.65. The molecule has 1 N–H and O–H groups in total. The summed E-state index contributed by atoms with van der Waals surface area (Å²) < 4.78 is 17.6. The summed E-state index contributed by atoms with van der Waals surface area (Å²) in [5.41, 5.74) is 0.978. The molecular weight excluding hydrogens is 317 g/mol. The first-order valence-electron chi connectivity index (χ1n) is 9.01. The highest BCUT2D eigenvalue weighted by molar-refractivity contribution is 6.62. The Morgan fingerprint density at radius 3 is 2.44 bits per heavy atom. The van der Waals surface area contributed by atoms with E-state index in [4.69, 9.17) is 14.0 Å². The van der Waals surface area contributed by atoms with Gasteiger partial charge in [-0.1, -0.05) is 12.1 Å². The maximum Gasteiger partial charge on any atom is 0.494 e. The summed E-state index contributed by atoms with van der Waals surface area (Å²) in [6.07, 6.45) is 2.74. The third kappa shape index (κ3) is 4.01. The van der Waals surface area contributed by atoms with Crippen LogP contribution in [-0.4, -0.2) is 37.9 Å². The summed E-state index contributed by atoms with van der Waals surface area (Å²) in [5.74, 6) is 1.40. The number of ether oxygens (including phenoxy) is 1. The summed E-state index contributed by atoms with van der Waals surface area (Å²) in [7, 11) is 1.18. The molecule has 6 heteroatoms.